The third-order valence-corrected chi connectivity index (χ3v) is 3.66. The van der Waals surface area contributed by atoms with Crippen LogP contribution in [0, 0.1) is 6.92 Å². The first-order valence-corrected chi connectivity index (χ1v) is 8.18. The van der Waals surface area contributed by atoms with Gasteiger partial charge in [-0.1, -0.05) is 42.1 Å². The van der Waals surface area contributed by atoms with Gasteiger partial charge in [0.25, 0.3) is 0 Å². The van der Waals surface area contributed by atoms with Gasteiger partial charge in [-0.3, -0.25) is 0 Å². The molecule has 0 fully saturated rings. The number of aliphatic hydroxyl groups excluding tert-OH is 1. The number of hydrogen-bond donors (Lipinski definition) is 2. The molecule has 0 amide bonds. The van der Waals surface area contributed by atoms with E-state index in [1.807, 2.05) is 19.1 Å². The normalized spacial score (nSPS) is 12.4. The fourth-order valence-corrected chi connectivity index (χ4v) is 2.44. The molecular formula is C16H26BrNO2. The van der Waals surface area contributed by atoms with Crippen molar-refractivity contribution in [2.24, 2.45) is 0 Å². The van der Waals surface area contributed by atoms with Gasteiger partial charge in [0.2, 0.25) is 0 Å². The lowest BCUT2D eigenvalue weighted by Crippen LogP contribution is -2.25. The summed E-state index contributed by atoms with van der Waals surface area (Å²) in [4.78, 5) is 0. The molecular weight excluding hydrogens is 318 g/mol. The van der Waals surface area contributed by atoms with E-state index in [0.29, 0.717) is 13.2 Å². The second-order valence-corrected chi connectivity index (χ2v) is 6.05. The molecule has 0 aliphatic carbocycles. The molecule has 0 spiro atoms. The second kappa shape index (κ2) is 10.2. The van der Waals surface area contributed by atoms with E-state index in [1.165, 1.54) is 19.3 Å². The monoisotopic (exact) mass is 343 g/mol. The first-order valence-electron chi connectivity index (χ1n) is 7.39. The molecule has 0 bridgehead atoms. The molecule has 4 heteroatoms. The number of hydrogen-bond acceptors (Lipinski definition) is 3. The molecule has 2 N–H and O–H groups in total. The van der Waals surface area contributed by atoms with Crippen molar-refractivity contribution < 1.29 is 9.84 Å². The van der Waals surface area contributed by atoms with Crippen LogP contribution >= 0.6 is 15.9 Å². The first-order chi connectivity index (χ1) is 9.63. The summed E-state index contributed by atoms with van der Waals surface area (Å²) in [6.07, 6.45) is 4.32. The van der Waals surface area contributed by atoms with Crippen LogP contribution in [0.1, 0.15) is 38.2 Å². The van der Waals surface area contributed by atoms with E-state index in [2.05, 4.69) is 34.2 Å². The van der Waals surface area contributed by atoms with E-state index in [9.17, 15) is 5.11 Å². The van der Waals surface area contributed by atoms with Gasteiger partial charge in [0.05, 0.1) is 12.7 Å². The summed E-state index contributed by atoms with van der Waals surface area (Å²) in [5.41, 5.74) is 2.21. The zero-order valence-electron chi connectivity index (χ0n) is 12.5. The van der Waals surface area contributed by atoms with E-state index >= 15 is 0 Å². The number of aliphatic hydroxyl groups is 1. The van der Waals surface area contributed by atoms with Gasteiger partial charge in [-0.2, -0.15) is 0 Å². The molecule has 0 saturated carbocycles. The van der Waals surface area contributed by atoms with Gasteiger partial charge >= 0.3 is 0 Å². The molecule has 1 atom stereocenters. The number of halogens is 1. The Hall–Kier alpha value is -0.580. The number of anilines is 1. The molecule has 1 unspecified atom stereocenters. The molecule has 0 saturated heterocycles. The maximum absolute atomic E-state index is 9.86. The molecule has 3 nitrogen and oxygen atoms in total. The Morgan fingerprint density at radius 1 is 1.30 bits per heavy atom. The lowest BCUT2D eigenvalue weighted by molar-refractivity contribution is 0.0416. The van der Waals surface area contributed by atoms with Gasteiger partial charge < -0.3 is 15.2 Å². The molecule has 20 heavy (non-hydrogen) atoms. The van der Waals surface area contributed by atoms with Crippen molar-refractivity contribution in [2.45, 2.75) is 45.6 Å². The molecule has 1 aromatic rings. The zero-order chi connectivity index (χ0) is 14.8. The number of unbranched alkanes of at least 4 members (excludes halogenated alkanes) is 3. The standard InChI is InChI=1S/C16H26BrNO2/c1-3-4-5-6-9-20-12-15(19)11-18-16-8-7-14(17)10-13(16)2/h7-8,10,15,18-19H,3-6,9,11-12H2,1-2H3. The van der Waals surface area contributed by atoms with E-state index in [0.717, 1.165) is 28.8 Å². The fourth-order valence-electron chi connectivity index (χ4n) is 1.96. The molecule has 114 valence electrons. The van der Waals surface area contributed by atoms with Crippen LogP contribution in [0.25, 0.3) is 0 Å². The van der Waals surface area contributed by atoms with Crippen LogP contribution in [0.15, 0.2) is 22.7 Å². The number of rotatable bonds is 10. The van der Waals surface area contributed by atoms with Gasteiger partial charge in [-0.05, 0) is 37.1 Å². The molecule has 1 aromatic carbocycles. The summed E-state index contributed by atoms with van der Waals surface area (Å²) in [7, 11) is 0. The number of nitrogens with one attached hydrogen (secondary N) is 1. The second-order valence-electron chi connectivity index (χ2n) is 5.13. The summed E-state index contributed by atoms with van der Waals surface area (Å²) < 4.78 is 6.55. The highest BCUT2D eigenvalue weighted by Crippen LogP contribution is 2.19. The third kappa shape index (κ3) is 7.27. The van der Waals surface area contributed by atoms with Gasteiger partial charge in [-0.25, -0.2) is 0 Å². The fraction of sp³-hybridized carbons (Fsp3) is 0.625. The van der Waals surface area contributed by atoms with Crippen molar-refractivity contribution in [3.63, 3.8) is 0 Å². The largest absolute Gasteiger partial charge is 0.389 e. The van der Waals surface area contributed by atoms with Gasteiger partial charge in [-0.15, -0.1) is 0 Å². The van der Waals surface area contributed by atoms with Gasteiger partial charge in [0, 0.05) is 23.3 Å². The van der Waals surface area contributed by atoms with Gasteiger partial charge in [0.15, 0.2) is 0 Å². The van der Waals surface area contributed by atoms with E-state index in [1.54, 1.807) is 0 Å². The third-order valence-electron chi connectivity index (χ3n) is 3.17. The highest BCUT2D eigenvalue weighted by atomic mass is 79.9. The summed E-state index contributed by atoms with van der Waals surface area (Å²) in [5, 5.41) is 13.1. The topological polar surface area (TPSA) is 41.5 Å². The molecule has 0 heterocycles. The Morgan fingerprint density at radius 3 is 2.80 bits per heavy atom. The number of benzene rings is 1. The average Bonchev–Trinajstić information content (AvgIpc) is 2.41. The summed E-state index contributed by atoms with van der Waals surface area (Å²) in [6, 6.07) is 6.06. The molecule has 0 aliphatic heterocycles. The van der Waals surface area contributed by atoms with Crippen molar-refractivity contribution in [1.82, 2.24) is 0 Å². The molecule has 0 aliphatic rings. The van der Waals surface area contributed by atoms with Crippen LogP contribution in [-0.4, -0.2) is 31.0 Å². The van der Waals surface area contributed by atoms with E-state index in [4.69, 9.17) is 4.74 Å². The lowest BCUT2D eigenvalue weighted by Gasteiger charge is -2.15. The minimum absolute atomic E-state index is 0.398. The Kier molecular flexibility index (Phi) is 8.90. The summed E-state index contributed by atoms with van der Waals surface area (Å²) >= 11 is 3.44. The van der Waals surface area contributed by atoms with Crippen LogP contribution < -0.4 is 5.32 Å². The van der Waals surface area contributed by atoms with Crippen molar-refractivity contribution in [3.05, 3.63) is 28.2 Å². The minimum Gasteiger partial charge on any atom is -0.389 e. The van der Waals surface area contributed by atoms with Crippen molar-refractivity contribution >= 4 is 21.6 Å². The van der Waals surface area contributed by atoms with Crippen molar-refractivity contribution in [1.29, 1.82) is 0 Å². The highest BCUT2D eigenvalue weighted by Gasteiger charge is 2.05. The van der Waals surface area contributed by atoms with Crippen molar-refractivity contribution in [2.75, 3.05) is 25.1 Å². The average molecular weight is 344 g/mol. The minimum atomic E-state index is -0.468. The van der Waals surface area contributed by atoms with Gasteiger partial charge in [0.1, 0.15) is 0 Å². The number of aryl methyl sites for hydroxylation is 1. The predicted molar refractivity (Wildman–Crippen MR) is 88.3 cm³/mol. The van der Waals surface area contributed by atoms with Crippen LogP contribution in [0.2, 0.25) is 0 Å². The lowest BCUT2D eigenvalue weighted by atomic mass is 10.2. The smallest absolute Gasteiger partial charge is 0.0945 e. The van der Waals surface area contributed by atoms with Crippen molar-refractivity contribution in [3.8, 4) is 0 Å². The van der Waals surface area contributed by atoms with E-state index < -0.39 is 6.10 Å². The summed E-state index contributed by atoms with van der Waals surface area (Å²) in [5.74, 6) is 0. The molecule has 0 radical (unpaired) electrons. The zero-order valence-corrected chi connectivity index (χ0v) is 14.1. The Balaban J connectivity index is 2.14. The summed E-state index contributed by atoms with van der Waals surface area (Å²) in [6.45, 7) is 5.89. The van der Waals surface area contributed by atoms with Crippen LogP contribution in [0.3, 0.4) is 0 Å². The molecule has 0 aromatic heterocycles. The van der Waals surface area contributed by atoms with E-state index in [-0.39, 0.29) is 0 Å². The predicted octanol–water partition coefficient (Wildman–Crippen LogP) is 4.13. The highest BCUT2D eigenvalue weighted by molar-refractivity contribution is 9.10. The Bertz CT molecular complexity index is 385. The quantitative estimate of drug-likeness (QED) is 0.627. The maximum Gasteiger partial charge on any atom is 0.0945 e. The first kappa shape index (κ1) is 17.5. The van der Waals surface area contributed by atoms with Crippen LogP contribution in [0.4, 0.5) is 5.69 Å². The molecule has 1 rings (SSSR count). The maximum atomic E-state index is 9.86. The number of ether oxygens (including phenoxy) is 1. The SMILES string of the molecule is CCCCCCOCC(O)CNc1ccc(Br)cc1C. The van der Waals surface area contributed by atoms with Crippen LogP contribution in [-0.2, 0) is 4.74 Å². The Morgan fingerprint density at radius 2 is 2.10 bits per heavy atom. The van der Waals surface area contributed by atoms with Crippen LogP contribution in [0.5, 0.6) is 0 Å². The Labute approximate surface area is 130 Å².